The smallest absolute Gasteiger partial charge is 0.338 e. The highest BCUT2D eigenvalue weighted by Crippen LogP contribution is 2.45. The van der Waals surface area contributed by atoms with Gasteiger partial charge in [-0.15, -0.1) is 0 Å². The van der Waals surface area contributed by atoms with Crippen LogP contribution in [0.4, 0.5) is 5.69 Å². The van der Waals surface area contributed by atoms with Crippen molar-refractivity contribution in [1.82, 2.24) is 10.2 Å². The highest BCUT2D eigenvalue weighted by atomic mass is 32.2. The molecule has 1 aromatic rings. The zero-order valence-corrected chi connectivity index (χ0v) is 18.8. The van der Waals surface area contributed by atoms with Gasteiger partial charge in [0.2, 0.25) is 5.91 Å². The Labute approximate surface area is 189 Å². The summed E-state index contributed by atoms with van der Waals surface area (Å²) in [7, 11) is 1.55. The number of nitrogens with zero attached hydrogens (tertiary/aromatic N) is 3. The van der Waals surface area contributed by atoms with E-state index in [1.807, 2.05) is 0 Å². The lowest BCUT2D eigenvalue weighted by atomic mass is 9.93. The maximum absolute atomic E-state index is 12.9. The number of thioether (sulfide) groups is 1. The number of aliphatic imine (C=N–C) groups is 1. The molecule has 0 saturated heterocycles. The van der Waals surface area contributed by atoms with Gasteiger partial charge in [0.05, 0.1) is 41.9 Å². The summed E-state index contributed by atoms with van der Waals surface area (Å²) in [5, 5.41) is 16.5. The van der Waals surface area contributed by atoms with Crippen molar-refractivity contribution in [3.8, 4) is 0 Å². The topological polar surface area (TPSA) is 123 Å². The number of carbonyl (C=O) groups excluding carboxylic acids is 2. The fraction of sp³-hybridized carbons (Fsp3) is 0.381. The number of methoxy groups -OCH3 is 1. The van der Waals surface area contributed by atoms with E-state index in [1.54, 1.807) is 43.4 Å². The molecule has 0 spiro atoms. The molecule has 2 heterocycles. The molecule has 2 aliphatic heterocycles. The largest absolute Gasteiger partial charge is 0.463 e. The Balaban J connectivity index is 2.01. The molecular formula is C21H24N4O6S. The van der Waals surface area contributed by atoms with E-state index in [0.29, 0.717) is 35.3 Å². The molecule has 32 heavy (non-hydrogen) atoms. The number of non-ortho nitro benzene ring substituents is 1. The normalized spacial score (nSPS) is 17.5. The van der Waals surface area contributed by atoms with Crippen molar-refractivity contribution in [2.45, 2.75) is 26.3 Å². The summed E-state index contributed by atoms with van der Waals surface area (Å²) in [6.45, 7) is 4.35. The zero-order valence-electron chi connectivity index (χ0n) is 18.0. The molecule has 2 aliphatic rings. The van der Waals surface area contributed by atoms with Crippen LogP contribution in [0.15, 0.2) is 51.6 Å². The van der Waals surface area contributed by atoms with Crippen molar-refractivity contribution in [2.24, 2.45) is 4.99 Å². The number of ether oxygens (including phenoxy) is 2. The predicted molar refractivity (Wildman–Crippen MR) is 120 cm³/mol. The third-order valence-electron chi connectivity index (χ3n) is 4.86. The first-order valence-corrected chi connectivity index (χ1v) is 10.9. The number of fused-ring (bicyclic) bond motifs is 1. The highest BCUT2D eigenvalue weighted by molar-refractivity contribution is 8.16. The summed E-state index contributed by atoms with van der Waals surface area (Å²) < 4.78 is 10.2. The van der Waals surface area contributed by atoms with Gasteiger partial charge in [-0.1, -0.05) is 23.9 Å². The standard InChI is InChI=1S/C21H24N4O6S/c1-4-31-20(27)18-13(2)23-21-24(16(12-32-21)11-17(26)22-8-9-30-3)19(18)14-6-5-7-15(10-14)25(28)29/h5-7,10,12,19H,4,8-9,11H2,1-3H3,(H,22,26). The van der Waals surface area contributed by atoms with Crippen LogP contribution < -0.4 is 5.32 Å². The maximum atomic E-state index is 12.9. The van der Waals surface area contributed by atoms with Crippen molar-refractivity contribution < 1.29 is 24.0 Å². The number of nitro groups is 1. The monoisotopic (exact) mass is 460 g/mol. The average Bonchev–Trinajstić information content (AvgIpc) is 3.15. The number of nitro benzene ring substituents is 1. The van der Waals surface area contributed by atoms with Gasteiger partial charge < -0.3 is 19.7 Å². The summed E-state index contributed by atoms with van der Waals surface area (Å²) in [5.74, 6) is -0.762. The minimum Gasteiger partial charge on any atom is -0.463 e. The Kier molecular flexibility index (Phi) is 7.65. The van der Waals surface area contributed by atoms with Gasteiger partial charge in [-0.05, 0) is 24.8 Å². The highest BCUT2D eigenvalue weighted by Gasteiger charge is 2.41. The second-order valence-electron chi connectivity index (χ2n) is 6.99. The Morgan fingerprint density at radius 3 is 2.84 bits per heavy atom. The number of benzene rings is 1. The van der Waals surface area contributed by atoms with Crippen LogP contribution in [0, 0.1) is 10.1 Å². The summed E-state index contributed by atoms with van der Waals surface area (Å²) in [6, 6.07) is 5.39. The van der Waals surface area contributed by atoms with Crippen LogP contribution in [-0.2, 0) is 19.1 Å². The molecule has 170 valence electrons. The van der Waals surface area contributed by atoms with Crippen LogP contribution >= 0.6 is 11.8 Å². The maximum Gasteiger partial charge on any atom is 0.338 e. The van der Waals surface area contributed by atoms with Crippen LogP contribution in [-0.4, -0.2) is 53.7 Å². The van der Waals surface area contributed by atoms with E-state index in [-0.39, 0.29) is 30.2 Å². The van der Waals surface area contributed by atoms with Gasteiger partial charge in [0, 0.05) is 31.5 Å². The summed E-state index contributed by atoms with van der Waals surface area (Å²) >= 11 is 1.33. The van der Waals surface area contributed by atoms with Crippen LogP contribution in [0.1, 0.15) is 31.9 Å². The third kappa shape index (κ3) is 5.00. The Bertz CT molecular complexity index is 1020. The van der Waals surface area contributed by atoms with Crippen molar-refractivity contribution in [2.75, 3.05) is 26.9 Å². The molecule has 1 N–H and O–H groups in total. The molecular weight excluding hydrogens is 436 g/mol. The molecule has 1 aromatic carbocycles. The predicted octanol–water partition coefficient (Wildman–Crippen LogP) is 2.89. The number of allylic oxidation sites excluding steroid dienone is 1. The number of hydrogen-bond acceptors (Lipinski definition) is 9. The van der Waals surface area contributed by atoms with Gasteiger partial charge in [0.15, 0.2) is 5.17 Å². The Morgan fingerprint density at radius 2 is 2.16 bits per heavy atom. The number of nitrogens with one attached hydrogen (secondary N) is 1. The fourth-order valence-electron chi connectivity index (χ4n) is 3.48. The van der Waals surface area contributed by atoms with E-state index in [2.05, 4.69) is 10.3 Å². The zero-order chi connectivity index (χ0) is 23.3. The second kappa shape index (κ2) is 10.4. The summed E-state index contributed by atoms with van der Waals surface area (Å²) in [6.07, 6.45) is 0.0519. The number of amidine groups is 1. The molecule has 3 rings (SSSR count). The van der Waals surface area contributed by atoms with Crippen molar-refractivity contribution in [1.29, 1.82) is 0 Å². The van der Waals surface area contributed by atoms with Crippen LogP contribution in [0.2, 0.25) is 0 Å². The fourth-order valence-corrected chi connectivity index (χ4v) is 4.45. The molecule has 0 bridgehead atoms. The van der Waals surface area contributed by atoms with Crippen molar-refractivity contribution in [3.63, 3.8) is 0 Å². The molecule has 0 aromatic heterocycles. The van der Waals surface area contributed by atoms with E-state index >= 15 is 0 Å². The lowest BCUT2D eigenvalue weighted by molar-refractivity contribution is -0.384. The first-order chi connectivity index (χ1) is 15.4. The minimum atomic E-state index is -0.713. The molecule has 11 heteroatoms. The first kappa shape index (κ1) is 23.5. The van der Waals surface area contributed by atoms with Gasteiger partial charge in [-0.2, -0.15) is 0 Å². The number of carbonyl (C=O) groups is 2. The Morgan fingerprint density at radius 1 is 1.38 bits per heavy atom. The van der Waals surface area contributed by atoms with Gasteiger partial charge >= 0.3 is 5.97 Å². The lowest BCUT2D eigenvalue weighted by Crippen LogP contribution is -2.38. The van der Waals surface area contributed by atoms with Gasteiger partial charge in [0.25, 0.3) is 5.69 Å². The number of rotatable bonds is 9. The van der Waals surface area contributed by atoms with E-state index in [4.69, 9.17) is 9.47 Å². The number of hydrogen-bond donors (Lipinski definition) is 1. The molecule has 0 fully saturated rings. The number of esters is 1. The van der Waals surface area contributed by atoms with E-state index < -0.39 is 16.9 Å². The summed E-state index contributed by atoms with van der Waals surface area (Å²) in [4.78, 5) is 42.5. The first-order valence-electron chi connectivity index (χ1n) is 9.98. The van der Waals surface area contributed by atoms with Gasteiger partial charge in [-0.25, -0.2) is 9.79 Å². The van der Waals surface area contributed by atoms with Gasteiger partial charge in [-0.3, -0.25) is 14.9 Å². The molecule has 0 aliphatic carbocycles. The van der Waals surface area contributed by atoms with Gasteiger partial charge in [0.1, 0.15) is 0 Å². The molecule has 1 amide bonds. The van der Waals surface area contributed by atoms with Crippen molar-refractivity contribution in [3.05, 3.63) is 62.3 Å². The van der Waals surface area contributed by atoms with E-state index in [1.165, 1.54) is 23.9 Å². The van der Waals surface area contributed by atoms with E-state index in [9.17, 15) is 19.7 Å². The molecule has 10 nitrogen and oxygen atoms in total. The van der Waals surface area contributed by atoms with Crippen LogP contribution in [0.25, 0.3) is 0 Å². The SMILES string of the molecule is CCOC(=O)C1=C(C)N=C2SC=C(CC(=O)NCCOC)N2C1c1cccc([N+](=O)[O-])c1. The third-order valence-corrected chi connectivity index (χ3v) is 5.75. The Hall–Kier alpha value is -3.18. The summed E-state index contributed by atoms with van der Waals surface area (Å²) in [5.41, 5.74) is 1.82. The molecule has 1 unspecified atom stereocenters. The van der Waals surface area contributed by atoms with E-state index in [0.717, 1.165) is 0 Å². The van der Waals surface area contributed by atoms with Crippen LogP contribution in [0.5, 0.6) is 0 Å². The molecule has 0 radical (unpaired) electrons. The lowest BCUT2D eigenvalue weighted by Gasteiger charge is -2.36. The molecule has 1 atom stereocenters. The second-order valence-corrected chi connectivity index (χ2v) is 7.82. The van der Waals surface area contributed by atoms with Crippen LogP contribution in [0.3, 0.4) is 0 Å². The number of amides is 1. The quantitative estimate of drug-likeness (QED) is 0.258. The molecule has 0 saturated carbocycles. The minimum absolute atomic E-state index is 0.0519. The van der Waals surface area contributed by atoms with Crippen molar-refractivity contribution >= 4 is 34.5 Å². The average molecular weight is 461 g/mol.